The van der Waals surface area contributed by atoms with Crippen LogP contribution in [0.5, 0.6) is 5.75 Å². The largest absolute Gasteiger partial charge is 0.494 e. The van der Waals surface area contributed by atoms with Crippen LogP contribution in [0.3, 0.4) is 0 Å². The third-order valence-corrected chi connectivity index (χ3v) is 5.43. The Labute approximate surface area is 182 Å². The van der Waals surface area contributed by atoms with Gasteiger partial charge in [-0.1, -0.05) is 17.7 Å². The lowest BCUT2D eigenvalue weighted by Crippen LogP contribution is -2.33. The standard InChI is InChI=1S/C22H19ClF2N4O2/c1-31-17-3-5-19(28-16-9-14(24)8-15(25)10-16)29-20(17)21(30)27-12-22(6-7-22)13-2-4-18(23)26-11-13/h2-5,8-11H,6-7,12H2,1H3,(H,27,30)(H,28,29). The first-order valence-corrected chi connectivity index (χ1v) is 9.95. The minimum atomic E-state index is -0.722. The number of benzene rings is 1. The van der Waals surface area contributed by atoms with E-state index in [-0.39, 0.29) is 28.4 Å². The minimum Gasteiger partial charge on any atom is -0.494 e. The van der Waals surface area contributed by atoms with Crippen LogP contribution in [0.15, 0.2) is 48.7 Å². The van der Waals surface area contributed by atoms with Gasteiger partial charge in [0.15, 0.2) is 5.69 Å². The molecule has 4 rings (SSSR count). The number of carbonyl (C=O) groups is 1. The second-order valence-corrected chi connectivity index (χ2v) is 7.75. The molecule has 1 aliphatic rings. The molecule has 2 aromatic heterocycles. The summed E-state index contributed by atoms with van der Waals surface area (Å²) >= 11 is 5.86. The molecule has 31 heavy (non-hydrogen) atoms. The van der Waals surface area contributed by atoms with Gasteiger partial charge in [0.1, 0.15) is 28.4 Å². The van der Waals surface area contributed by atoms with Gasteiger partial charge in [-0.05, 0) is 48.7 Å². The summed E-state index contributed by atoms with van der Waals surface area (Å²) in [5.74, 6) is -1.33. The maximum Gasteiger partial charge on any atom is 0.273 e. The summed E-state index contributed by atoms with van der Waals surface area (Å²) in [5, 5.41) is 6.13. The van der Waals surface area contributed by atoms with E-state index in [1.807, 2.05) is 6.07 Å². The number of ether oxygens (including phenoxy) is 1. The topological polar surface area (TPSA) is 76.1 Å². The van der Waals surface area contributed by atoms with Crippen molar-refractivity contribution in [2.75, 3.05) is 19.0 Å². The Morgan fingerprint density at radius 1 is 1.16 bits per heavy atom. The number of amides is 1. The molecule has 0 atom stereocenters. The molecule has 0 unspecified atom stereocenters. The first-order chi connectivity index (χ1) is 14.9. The molecule has 1 amide bonds. The molecule has 1 aromatic carbocycles. The van der Waals surface area contributed by atoms with Crippen LogP contribution in [0.25, 0.3) is 0 Å². The molecule has 2 N–H and O–H groups in total. The summed E-state index contributed by atoms with van der Waals surface area (Å²) in [7, 11) is 1.44. The number of hydrogen-bond acceptors (Lipinski definition) is 5. The van der Waals surface area contributed by atoms with Crippen molar-refractivity contribution in [3.8, 4) is 5.75 Å². The van der Waals surface area contributed by atoms with E-state index in [0.717, 1.165) is 36.6 Å². The van der Waals surface area contributed by atoms with Crippen molar-refractivity contribution in [3.05, 3.63) is 76.7 Å². The molecule has 3 aromatic rings. The van der Waals surface area contributed by atoms with Crippen molar-refractivity contribution in [1.82, 2.24) is 15.3 Å². The molecule has 0 radical (unpaired) electrons. The molecular weight excluding hydrogens is 426 g/mol. The van der Waals surface area contributed by atoms with E-state index >= 15 is 0 Å². The summed E-state index contributed by atoms with van der Waals surface area (Å²) in [4.78, 5) is 21.3. The maximum absolute atomic E-state index is 13.4. The SMILES string of the molecule is COc1ccc(Nc2cc(F)cc(F)c2)nc1C(=O)NCC1(c2ccc(Cl)nc2)CC1. The van der Waals surface area contributed by atoms with Crippen LogP contribution in [0, 0.1) is 11.6 Å². The van der Waals surface area contributed by atoms with Crippen LogP contribution >= 0.6 is 11.6 Å². The van der Waals surface area contributed by atoms with Crippen molar-refractivity contribution in [1.29, 1.82) is 0 Å². The summed E-state index contributed by atoms with van der Waals surface area (Å²) < 4.78 is 32.1. The Balaban J connectivity index is 1.50. The van der Waals surface area contributed by atoms with Crippen LogP contribution in [0.2, 0.25) is 5.15 Å². The predicted molar refractivity (Wildman–Crippen MR) is 113 cm³/mol. The molecule has 0 saturated heterocycles. The van der Waals surface area contributed by atoms with Gasteiger partial charge in [-0.25, -0.2) is 18.7 Å². The highest BCUT2D eigenvalue weighted by Gasteiger charge is 2.44. The number of pyridine rings is 2. The van der Waals surface area contributed by atoms with Gasteiger partial charge in [0.25, 0.3) is 5.91 Å². The number of hydrogen-bond donors (Lipinski definition) is 2. The Morgan fingerprint density at radius 3 is 2.52 bits per heavy atom. The van der Waals surface area contributed by atoms with Crippen LogP contribution in [-0.4, -0.2) is 29.5 Å². The molecule has 0 bridgehead atoms. The lowest BCUT2D eigenvalue weighted by Gasteiger charge is -2.17. The van der Waals surface area contributed by atoms with E-state index in [9.17, 15) is 13.6 Å². The minimum absolute atomic E-state index is 0.0643. The van der Waals surface area contributed by atoms with E-state index in [4.69, 9.17) is 16.3 Å². The number of halogens is 3. The first-order valence-electron chi connectivity index (χ1n) is 9.57. The molecule has 160 valence electrons. The number of aromatic nitrogens is 2. The number of anilines is 2. The summed E-state index contributed by atoms with van der Waals surface area (Å²) in [6.07, 6.45) is 3.57. The van der Waals surface area contributed by atoms with Gasteiger partial charge in [0.05, 0.1) is 7.11 Å². The highest BCUT2D eigenvalue weighted by atomic mass is 35.5. The molecule has 0 aliphatic heterocycles. The van der Waals surface area contributed by atoms with E-state index in [0.29, 0.717) is 11.7 Å². The Morgan fingerprint density at radius 2 is 1.90 bits per heavy atom. The van der Waals surface area contributed by atoms with E-state index in [1.165, 1.54) is 7.11 Å². The normalized spacial score (nSPS) is 14.1. The number of methoxy groups -OCH3 is 1. The number of carbonyl (C=O) groups excluding carboxylic acids is 1. The average Bonchev–Trinajstić information content (AvgIpc) is 3.53. The fourth-order valence-corrected chi connectivity index (χ4v) is 3.47. The second kappa shape index (κ2) is 8.47. The van der Waals surface area contributed by atoms with Crippen LogP contribution in [0.1, 0.15) is 28.9 Å². The number of nitrogens with zero attached hydrogens (tertiary/aromatic N) is 2. The molecule has 1 aliphatic carbocycles. The molecule has 6 nitrogen and oxygen atoms in total. The molecule has 1 fully saturated rings. The van der Waals surface area contributed by atoms with Crippen molar-refractivity contribution in [2.24, 2.45) is 0 Å². The highest BCUT2D eigenvalue weighted by molar-refractivity contribution is 6.29. The van der Waals surface area contributed by atoms with Crippen molar-refractivity contribution >= 4 is 29.0 Å². The van der Waals surface area contributed by atoms with Gasteiger partial charge < -0.3 is 15.4 Å². The zero-order valence-electron chi connectivity index (χ0n) is 16.6. The number of nitrogens with one attached hydrogen (secondary N) is 2. The molecule has 1 saturated carbocycles. The smallest absolute Gasteiger partial charge is 0.273 e. The van der Waals surface area contributed by atoms with Gasteiger partial charge >= 0.3 is 0 Å². The van der Waals surface area contributed by atoms with Gasteiger partial charge in [-0.3, -0.25) is 4.79 Å². The Bertz CT molecular complexity index is 1100. The quantitative estimate of drug-likeness (QED) is 0.520. The van der Waals surface area contributed by atoms with Gasteiger partial charge in [0.2, 0.25) is 0 Å². The average molecular weight is 445 g/mol. The van der Waals surface area contributed by atoms with E-state index < -0.39 is 17.5 Å². The maximum atomic E-state index is 13.4. The van der Waals surface area contributed by atoms with Crippen molar-refractivity contribution in [2.45, 2.75) is 18.3 Å². The summed E-state index contributed by atoms with van der Waals surface area (Å²) in [5.41, 5.74) is 1.08. The highest BCUT2D eigenvalue weighted by Crippen LogP contribution is 2.47. The summed E-state index contributed by atoms with van der Waals surface area (Å²) in [6.45, 7) is 0.409. The van der Waals surface area contributed by atoms with Crippen LogP contribution in [-0.2, 0) is 5.41 Å². The number of rotatable bonds is 7. The Hall–Kier alpha value is -3.26. The van der Waals surface area contributed by atoms with Gasteiger partial charge in [-0.2, -0.15) is 0 Å². The monoisotopic (exact) mass is 444 g/mol. The van der Waals surface area contributed by atoms with Crippen molar-refractivity contribution in [3.63, 3.8) is 0 Å². The lowest BCUT2D eigenvalue weighted by atomic mass is 9.98. The Kier molecular flexibility index (Phi) is 5.73. The fourth-order valence-electron chi connectivity index (χ4n) is 3.36. The van der Waals surface area contributed by atoms with E-state index in [2.05, 4.69) is 20.6 Å². The van der Waals surface area contributed by atoms with Gasteiger partial charge in [-0.15, -0.1) is 0 Å². The summed E-state index contributed by atoms with van der Waals surface area (Å²) in [6, 6.07) is 9.80. The third-order valence-electron chi connectivity index (χ3n) is 5.21. The third kappa shape index (κ3) is 4.74. The fraction of sp³-hybridized carbons (Fsp3) is 0.227. The first kappa shape index (κ1) is 21.0. The molecule has 0 spiro atoms. The van der Waals surface area contributed by atoms with Gasteiger partial charge in [0, 0.05) is 29.9 Å². The lowest BCUT2D eigenvalue weighted by molar-refractivity contribution is 0.0941. The second-order valence-electron chi connectivity index (χ2n) is 7.36. The van der Waals surface area contributed by atoms with Crippen LogP contribution in [0.4, 0.5) is 20.3 Å². The molecule has 9 heteroatoms. The zero-order valence-corrected chi connectivity index (χ0v) is 17.3. The predicted octanol–water partition coefficient (Wildman–Crippen LogP) is 4.62. The molecular formula is C22H19ClF2N4O2. The van der Waals surface area contributed by atoms with Crippen molar-refractivity contribution < 1.29 is 18.3 Å². The zero-order chi connectivity index (χ0) is 22.0. The molecule has 2 heterocycles. The van der Waals surface area contributed by atoms with E-state index in [1.54, 1.807) is 24.4 Å². The van der Waals surface area contributed by atoms with Crippen LogP contribution < -0.4 is 15.4 Å².